The highest BCUT2D eigenvalue weighted by atomic mass is 19.4. The molecule has 0 aromatic carbocycles. The van der Waals surface area contributed by atoms with Crippen LogP contribution >= 0.6 is 0 Å². The Balaban J connectivity index is 2.58. The molecule has 2 aliphatic heterocycles. The Hall–Kier alpha value is -1.30. The summed E-state index contributed by atoms with van der Waals surface area (Å²) in [4.78, 5) is 11.7. The molecule has 0 N–H and O–H groups in total. The molecule has 0 saturated heterocycles. The number of carbonyl (C=O) groups is 1. The van der Waals surface area contributed by atoms with Gasteiger partial charge in [0.05, 0.1) is 17.8 Å². The van der Waals surface area contributed by atoms with E-state index >= 15 is 0 Å². The predicted octanol–water partition coefficient (Wildman–Crippen LogP) is 2.53. The van der Waals surface area contributed by atoms with E-state index in [0.717, 1.165) is 0 Å². The second-order valence-corrected chi connectivity index (χ2v) is 4.62. The highest BCUT2D eigenvalue weighted by Gasteiger charge is 2.62. The van der Waals surface area contributed by atoms with Crippen molar-refractivity contribution in [3.63, 3.8) is 0 Å². The van der Waals surface area contributed by atoms with Crippen molar-refractivity contribution >= 4 is 5.97 Å². The molecule has 3 nitrogen and oxygen atoms in total. The number of hydrogen-bond donors (Lipinski definition) is 0. The van der Waals surface area contributed by atoms with Gasteiger partial charge in [-0.15, -0.1) is 0 Å². The van der Waals surface area contributed by atoms with Gasteiger partial charge in [0.2, 0.25) is 0 Å². The van der Waals surface area contributed by atoms with E-state index in [0.29, 0.717) is 0 Å². The van der Waals surface area contributed by atoms with Crippen LogP contribution in [0.4, 0.5) is 13.2 Å². The van der Waals surface area contributed by atoms with E-state index in [1.807, 2.05) is 0 Å². The third-order valence-corrected chi connectivity index (χ3v) is 3.15. The second kappa shape index (κ2) is 3.60. The first kappa shape index (κ1) is 13.1. The largest absolute Gasteiger partial charge is 0.463 e. The van der Waals surface area contributed by atoms with Gasteiger partial charge >= 0.3 is 12.1 Å². The number of fused-ring (bicyclic) bond motifs is 2. The molecule has 0 radical (unpaired) electrons. The van der Waals surface area contributed by atoms with Gasteiger partial charge in [-0.1, -0.05) is 0 Å². The summed E-state index contributed by atoms with van der Waals surface area (Å²) >= 11 is 0. The molecule has 0 spiro atoms. The molecule has 2 unspecified atom stereocenters. The SMILES string of the molecule is CCOC(=O)C1=C(C(F)(F)F)C2(C)C=CC1(C)O2. The van der Waals surface area contributed by atoms with Crippen molar-refractivity contribution in [2.24, 2.45) is 0 Å². The Bertz CT molecular complexity index is 464. The summed E-state index contributed by atoms with van der Waals surface area (Å²) in [6.45, 7) is 4.28. The molecule has 0 amide bonds. The van der Waals surface area contributed by atoms with Gasteiger partial charge in [-0.05, 0) is 32.9 Å². The fourth-order valence-corrected chi connectivity index (χ4v) is 2.52. The number of hydrogen-bond acceptors (Lipinski definition) is 3. The molecule has 0 aromatic rings. The molecular weight excluding hydrogens is 249 g/mol. The van der Waals surface area contributed by atoms with Crippen LogP contribution in [0.1, 0.15) is 20.8 Å². The summed E-state index contributed by atoms with van der Waals surface area (Å²) in [6, 6.07) is 0. The Morgan fingerprint density at radius 3 is 2.39 bits per heavy atom. The van der Waals surface area contributed by atoms with Crippen LogP contribution in [0.25, 0.3) is 0 Å². The van der Waals surface area contributed by atoms with E-state index in [9.17, 15) is 18.0 Å². The second-order valence-electron chi connectivity index (χ2n) is 4.62. The Labute approximate surface area is 102 Å². The maximum atomic E-state index is 13.1. The van der Waals surface area contributed by atoms with E-state index in [1.54, 1.807) is 6.92 Å². The molecule has 2 bridgehead atoms. The summed E-state index contributed by atoms with van der Waals surface area (Å²) in [6.07, 6.45) is -1.83. The maximum Gasteiger partial charge on any atom is 0.416 e. The Kier molecular flexibility index (Phi) is 2.63. The molecule has 2 rings (SSSR count). The standard InChI is InChI=1S/C12H13F3O3/c1-4-17-9(16)7-8(12(13,14)15)11(3)6-5-10(7,2)18-11/h5-6H,4H2,1-3H3. The van der Waals surface area contributed by atoms with Crippen LogP contribution in [-0.4, -0.2) is 30.0 Å². The van der Waals surface area contributed by atoms with E-state index in [1.165, 1.54) is 26.0 Å². The molecule has 100 valence electrons. The lowest BCUT2D eigenvalue weighted by molar-refractivity contribution is -0.140. The van der Waals surface area contributed by atoms with Crippen molar-refractivity contribution in [2.45, 2.75) is 38.1 Å². The summed E-state index contributed by atoms with van der Waals surface area (Å²) in [5, 5.41) is 0. The van der Waals surface area contributed by atoms with Crippen LogP contribution < -0.4 is 0 Å². The summed E-state index contributed by atoms with van der Waals surface area (Å²) in [7, 11) is 0. The molecule has 0 aliphatic carbocycles. The molecule has 18 heavy (non-hydrogen) atoms. The van der Waals surface area contributed by atoms with Crippen LogP contribution in [0.3, 0.4) is 0 Å². The van der Waals surface area contributed by atoms with Gasteiger partial charge in [0, 0.05) is 0 Å². The lowest BCUT2D eigenvalue weighted by atomic mass is 9.83. The zero-order chi connectivity index (χ0) is 13.8. The van der Waals surface area contributed by atoms with Gasteiger partial charge in [-0.3, -0.25) is 0 Å². The Morgan fingerprint density at radius 1 is 1.33 bits per heavy atom. The first-order valence-corrected chi connectivity index (χ1v) is 5.54. The van der Waals surface area contributed by atoms with Gasteiger partial charge in [0.25, 0.3) is 0 Å². The number of halogens is 3. The molecule has 2 aliphatic rings. The van der Waals surface area contributed by atoms with E-state index in [2.05, 4.69) is 0 Å². The minimum absolute atomic E-state index is 0.0178. The molecule has 0 saturated carbocycles. The predicted molar refractivity (Wildman–Crippen MR) is 56.7 cm³/mol. The van der Waals surface area contributed by atoms with Crippen molar-refractivity contribution in [1.29, 1.82) is 0 Å². The third-order valence-electron chi connectivity index (χ3n) is 3.15. The zero-order valence-corrected chi connectivity index (χ0v) is 10.2. The minimum Gasteiger partial charge on any atom is -0.463 e. The summed E-state index contributed by atoms with van der Waals surface area (Å²) < 4.78 is 49.4. The van der Waals surface area contributed by atoms with Crippen LogP contribution in [-0.2, 0) is 14.3 Å². The average Bonchev–Trinajstić information content (AvgIpc) is 2.62. The fraction of sp³-hybridized carbons (Fsp3) is 0.583. The number of esters is 1. The van der Waals surface area contributed by atoms with Crippen molar-refractivity contribution in [1.82, 2.24) is 0 Å². The zero-order valence-electron chi connectivity index (χ0n) is 10.2. The lowest BCUT2D eigenvalue weighted by Gasteiger charge is -2.23. The first-order valence-electron chi connectivity index (χ1n) is 5.54. The quantitative estimate of drug-likeness (QED) is 0.566. The van der Waals surface area contributed by atoms with Crippen molar-refractivity contribution in [3.05, 3.63) is 23.3 Å². The van der Waals surface area contributed by atoms with Gasteiger partial charge in [0.1, 0.15) is 11.2 Å². The monoisotopic (exact) mass is 262 g/mol. The Morgan fingerprint density at radius 2 is 1.89 bits per heavy atom. The summed E-state index contributed by atoms with van der Waals surface area (Å²) in [5.74, 6) is -0.972. The molecule has 2 heterocycles. The van der Waals surface area contributed by atoms with Gasteiger partial charge in [0.15, 0.2) is 0 Å². The van der Waals surface area contributed by atoms with E-state index in [4.69, 9.17) is 9.47 Å². The smallest absolute Gasteiger partial charge is 0.416 e. The van der Waals surface area contributed by atoms with Crippen LogP contribution in [0, 0.1) is 0 Å². The molecule has 6 heteroatoms. The number of carbonyl (C=O) groups excluding carboxylic acids is 1. The van der Waals surface area contributed by atoms with E-state index in [-0.39, 0.29) is 6.61 Å². The van der Waals surface area contributed by atoms with Gasteiger partial charge in [-0.2, -0.15) is 13.2 Å². The number of rotatable bonds is 2. The van der Waals surface area contributed by atoms with Crippen LogP contribution in [0.2, 0.25) is 0 Å². The summed E-state index contributed by atoms with van der Waals surface area (Å²) in [5.41, 5.74) is -4.36. The minimum atomic E-state index is -4.63. The van der Waals surface area contributed by atoms with E-state index < -0.39 is 34.5 Å². The van der Waals surface area contributed by atoms with Crippen molar-refractivity contribution in [2.75, 3.05) is 6.61 Å². The van der Waals surface area contributed by atoms with Gasteiger partial charge in [-0.25, -0.2) is 4.79 Å². The van der Waals surface area contributed by atoms with Crippen molar-refractivity contribution < 1.29 is 27.4 Å². The lowest BCUT2D eigenvalue weighted by Crippen LogP contribution is -2.33. The molecule has 0 fully saturated rings. The fourth-order valence-electron chi connectivity index (χ4n) is 2.52. The van der Waals surface area contributed by atoms with Crippen LogP contribution in [0.5, 0.6) is 0 Å². The molecule has 2 atom stereocenters. The molecular formula is C12H13F3O3. The average molecular weight is 262 g/mol. The van der Waals surface area contributed by atoms with Crippen LogP contribution in [0.15, 0.2) is 23.3 Å². The van der Waals surface area contributed by atoms with Crippen molar-refractivity contribution in [3.8, 4) is 0 Å². The topological polar surface area (TPSA) is 35.5 Å². The first-order chi connectivity index (χ1) is 8.14. The third kappa shape index (κ3) is 1.67. The maximum absolute atomic E-state index is 13.1. The molecule has 0 aromatic heterocycles. The normalized spacial score (nSPS) is 34.3. The number of ether oxygens (including phenoxy) is 2. The van der Waals surface area contributed by atoms with Gasteiger partial charge < -0.3 is 9.47 Å². The highest BCUT2D eigenvalue weighted by molar-refractivity contribution is 5.94. The number of alkyl halides is 3. The highest BCUT2D eigenvalue weighted by Crippen LogP contribution is 2.54.